The fourth-order valence-corrected chi connectivity index (χ4v) is 7.10. The summed E-state index contributed by atoms with van der Waals surface area (Å²) in [6.07, 6.45) is 6.15. The SMILES string of the molecule is COC(=O)C1C2C=CC(C2)C1N(CCC(C)(C)C)C(=O)CC1=NS(=O)(=O)c2cc(NS(C)(=O)=O)ccc2N1. The van der Waals surface area contributed by atoms with E-state index in [0.717, 1.165) is 12.7 Å². The highest BCUT2D eigenvalue weighted by Gasteiger charge is 2.52. The third-order valence-electron chi connectivity index (χ3n) is 7.06. The molecule has 0 radical (unpaired) electrons. The summed E-state index contributed by atoms with van der Waals surface area (Å²) in [5.74, 6) is -1.21. The average Bonchev–Trinajstić information content (AvgIpc) is 3.39. The van der Waals surface area contributed by atoms with Gasteiger partial charge in [0.2, 0.25) is 15.9 Å². The average molecular weight is 567 g/mol. The number of amides is 1. The first-order chi connectivity index (χ1) is 17.6. The van der Waals surface area contributed by atoms with Crippen LogP contribution in [0.1, 0.15) is 40.0 Å². The third kappa shape index (κ3) is 6.04. The largest absolute Gasteiger partial charge is 0.469 e. The molecule has 0 aromatic heterocycles. The lowest BCUT2D eigenvalue weighted by atomic mass is 9.86. The van der Waals surface area contributed by atoms with Gasteiger partial charge in [0.05, 0.1) is 37.4 Å². The normalized spacial score (nSPS) is 25.2. The first-order valence-corrected chi connectivity index (χ1v) is 15.7. The number of allylic oxidation sites excluding steroid dienone is 1. The number of anilines is 2. The van der Waals surface area contributed by atoms with Crippen molar-refractivity contribution in [2.45, 2.75) is 51.0 Å². The lowest BCUT2D eigenvalue weighted by Gasteiger charge is -2.38. The molecule has 3 aliphatic rings. The predicted molar refractivity (Wildman–Crippen MR) is 144 cm³/mol. The Hall–Kier alpha value is -2.93. The molecule has 1 aromatic rings. The summed E-state index contributed by atoms with van der Waals surface area (Å²) in [5, 5.41) is 2.91. The van der Waals surface area contributed by atoms with Gasteiger partial charge in [0, 0.05) is 12.2 Å². The van der Waals surface area contributed by atoms with Gasteiger partial charge in [-0.05, 0) is 48.3 Å². The van der Waals surface area contributed by atoms with E-state index in [-0.39, 0.29) is 63.7 Å². The number of methoxy groups -OCH3 is 1. The Labute approximate surface area is 223 Å². The van der Waals surface area contributed by atoms with Crippen molar-refractivity contribution in [3.05, 3.63) is 30.4 Å². The van der Waals surface area contributed by atoms with Gasteiger partial charge in [-0.3, -0.25) is 14.3 Å². The minimum Gasteiger partial charge on any atom is -0.469 e. The number of sulfonamides is 2. The van der Waals surface area contributed by atoms with Crippen LogP contribution in [0.3, 0.4) is 0 Å². The van der Waals surface area contributed by atoms with Crippen LogP contribution < -0.4 is 10.0 Å². The molecule has 2 bridgehead atoms. The van der Waals surface area contributed by atoms with Crippen molar-refractivity contribution < 1.29 is 31.2 Å². The number of hydrogen-bond acceptors (Lipinski definition) is 8. The molecule has 1 amide bonds. The van der Waals surface area contributed by atoms with Crippen LogP contribution in [0.2, 0.25) is 0 Å². The number of rotatable bonds is 8. The number of amidine groups is 1. The maximum absolute atomic E-state index is 13.7. The van der Waals surface area contributed by atoms with Crippen molar-refractivity contribution in [2.24, 2.45) is 27.6 Å². The lowest BCUT2D eigenvalue weighted by molar-refractivity contribution is -0.150. The summed E-state index contributed by atoms with van der Waals surface area (Å²) in [7, 11) is -6.46. The lowest BCUT2D eigenvalue weighted by Crippen LogP contribution is -2.50. The Morgan fingerprint density at radius 3 is 2.53 bits per heavy atom. The van der Waals surface area contributed by atoms with E-state index < -0.39 is 26.0 Å². The van der Waals surface area contributed by atoms with Crippen LogP contribution in [-0.4, -0.2) is 65.4 Å². The number of hydrogen-bond donors (Lipinski definition) is 2. The topological polar surface area (TPSA) is 151 Å². The molecule has 38 heavy (non-hydrogen) atoms. The van der Waals surface area contributed by atoms with Crippen LogP contribution in [0.25, 0.3) is 0 Å². The summed E-state index contributed by atoms with van der Waals surface area (Å²) in [6, 6.07) is 3.64. The van der Waals surface area contributed by atoms with E-state index in [2.05, 4.69) is 35.2 Å². The van der Waals surface area contributed by atoms with Crippen LogP contribution in [0, 0.1) is 23.2 Å². The predicted octanol–water partition coefficient (Wildman–Crippen LogP) is 2.59. The first-order valence-electron chi connectivity index (χ1n) is 12.4. The molecule has 11 nitrogen and oxygen atoms in total. The maximum Gasteiger partial charge on any atom is 0.311 e. The molecule has 208 valence electrons. The first kappa shape index (κ1) is 28.1. The molecule has 2 N–H and O–H groups in total. The standard InChI is InChI=1S/C25H34N4O7S2/c1-25(2,3)10-11-29(23-16-7-6-15(12-16)22(23)24(31)36-4)21(30)14-20-26-18-9-8-17(27-37(5,32)33)13-19(18)38(34,35)28-20/h6-9,13,15-16,22-23,27H,10-12,14H2,1-5H3,(H,26,28). The van der Waals surface area contributed by atoms with Crippen molar-refractivity contribution in [1.29, 1.82) is 0 Å². The zero-order valence-corrected chi connectivity index (χ0v) is 23.7. The molecule has 0 saturated heterocycles. The van der Waals surface area contributed by atoms with E-state index in [9.17, 15) is 26.4 Å². The molecule has 1 aromatic carbocycles. The third-order valence-corrected chi connectivity index (χ3v) is 9.03. The molecule has 1 aliphatic heterocycles. The summed E-state index contributed by atoms with van der Waals surface area (Å²) < 4.78 is 60.1. The highest BCUT2D eigenvalue weighted by molar-refractivity contribution is 7.92. The fraction of sp³-hybridized carbons (Fsp3) is 0.560. The van der Waals surface area contributed by atoms with E-state index in [1.807, 2.05) is 12.2 Å². The van der Waals surface area contributed by atoms with Crippen molar-refractivity contribution >= 4 is 49.1 Å². The Morgan fingerprint density at radius 2 is 1.89 bits per heavy atom. The van der Waals surface area contributed by atoms with Crippen LogP contribution in [0.4, 0.5) is 11.4 Å². The van der Waals surface area contributed by atoms with E-state index in [0.29, 0.717) is 13.0 Å². The molecule has 1 saturated carbocycles. The summed E-state index contributed by atoms with van der Waals surface area (Å²) >= 11 is 0. The zero-order chi connectivity index (χ0) is 28.0. The van der Waals surface area contributed by atoms with Crippen LogP contribution >= 0.6 is 0 Å². The van der Waals surface area contributed by atoms with Gasteiger partial charge in [-0.2, -0.15) is 8.42 Å². The van der Waals surface area contributed by atoms with Gasteiger partial charge in [-0.1, -0.05) is 32.9 Å². The number of fused-ring (bicyclic) bond motifs is 3. The highest BCUT2D eigenvalue weighted by Crippen LogP contribution is 2.47. The number of carbonyl (C=O) groups is 2. The summed E-state index contributed by atoms with van der Waals surface area (Å²) in [6.45, 7) is 6.60. The van der Waals surface area contributed by atoms with Crippen molar-refractivity contribution in [3.63, 3.8) is 0 Å². The minimum atomic E-state index is -4.20. The van der Waals surface area contributed by atoms with Gasteiger partial charge in [-0.25, -0.2) is 8.42 Å². The highest BCUT2D eigenvalue weighted by atomic mass is 32.2. The van der Waals surface area contributed by atoms with Gasteiger partial charge in [0.1, 0.15) is 10.7 Å². The second-order valence-corrected chi connectivity index (χ2v) is 14.6. The Balaban J connectivity index is 1.61. The van der Waals surface area contributed by atoms with E-state index in [4.69, 9.17) is 4.74 Å². The number of esters is 1. The quantitative estimate of drug-likeness (QED) is 0.360. The van der Waals surface area contributed by atoms with Crippen LogP contribution in [-0.2, 0) is 34.4 Å². The van der Waals surface area contributed by atoms with Gasteiger partial charge in [0.25, 0.3) is 10.0 Å². The number of carbonyl (C=O) groups excluding carboxylic acids is 2. The van der Waals surface area contributed by atoms with E-state index in [1.165, 1.54) is 25.3 Å². The Morgan fingerprint density at radius 1 is 1.21 bits per heavy atom. The zero-order valence-electron chi connectivity index (χ0n) is 22.1. The molecule has 4 atom stereocenters. The van der Waals surface area contributed by atoms with Crippen LogP contribution in [0.5, 0.6) is 0 Å². The molecule has 4 rings (SSSR count). The molecular formula is C25H34N4O7S2. The minimum absolute atomic E-state index is 0.00507. The van der Waals surface area contributed by atoms with Gasteiger partial charge in [-0.15, -0.1) is 4.40 Å². The smallest absolute Gasteiger partial charge is 0.311 e. The second-order valence-electron chi connectivity index (χ2n) is 11.3. The number of nitrogens with zero attached hydrogens (tertiary/aromatic N) is 2. The molecule has 2 aliphatic carbocycles. The second kappa shape index (κ2) is 9.99. The van der Waals surface area contributed by atoms with E-state index in [1.54, 1.807) is 4.90 Å². The van der Waals surface area contributed by atoms with E-state index >= 15 is 0 Å². The Bertz CT molecular complexity index is 1410. The monoisotopic (exact) mass is 566 g/mol. The molecule has 13 heteroatoms. The molecular weight excluding hydrogens is 532 g/mol. The maximum atomic E-state index is 13.7. The van der Waals surface area contributed by atoms with Crippen molar-refractivity contribution in [2.75, 3.05) is 29.9 Å². The van der Waals surface area contributed by atoms with Crippen molar-refractivity contribution in [3.8, 4) is 0 Å². The molecule has 0 spiro atoms. The summed E-state index contributed by atoms with van der Waals surface area (Å²) in [5.41, 5.74) is 0.198. The van der Waals surface area contributed by atoms with Gasteiger partial charge < -0.3 is 15.0 Å². The number of nitrogens with one attached hydrogen (secondary N) is 2. The number of ether oxygens (including phenoxy) is 1. The fourth-order valence-electron chi connectivity index (χ4n) is 5.38. The van der Waals surface area contributed by atoms with Crippen molar-refractivity contribution in [1.82, 2.24) is 4.90 Å². The van der Waals surface area contributed by atoms with Gasteiger partial charge in [0.15, 0.2) is 0 Å². The molecule has 1 fully saturated rings. The molecule has 1 heterocycles. The van der Waals surface area contributed by atoms with Gasteiger partial charge >= 0.3 is 5.97 Å². The number of benzene rings is 1. The van der Waals surface area contributed by atoms with Crippen LogP contribution in [0.15, 0.2) is 39.6 Å². The Kier molecular flexibility index (Phi) is 7.38. The molecule has 4 unspecified atom stereocenters. The summed E-state index contributed by atoms with van der Waals surface area (Å²) in [4.78, 5) is 28.0.